The van der Waals surface area contributed by atoms with Gasteiger partial charge in [0.1, 0.15) is 5.52 Å². The van der Waals surface area contributed by atoms with E-state index in [1.165, 1.54) is 0 Å². The number of hydrogen-bond acceptors (Lipinski definition) is 5. The van der Waals surface area contributed by atoms with Crippen LogP contribution in [0.1, 0.15) is 0 Å². The van der Waals surface area contributed by atoms with Gasteiger partial charge in [-0.1, -0.05) is 18.2 Å². The van der Waals surface area contributed by atoms with Crippen molar-refractivity contribution in [2.24, 2.45) is 0 Å². The van der Waals surface area contributed by atoms with Gasteiger partial charge in [-0.25, -0.2) is 19.7 Å². The molecule has 21 heavy (non-hydrogen) atoms. The molecule has 3 heterocycles. The molecule has 0 fully saturated rings. The van der Waals surface area contributed by atoms with Crippen LogP contribution >= 0.6 is 0 Å². The monoisotopic (exact) mass is 280 g/mol. The molecule has 0 aliphatic carbocycles. The highest BCUT2D eigenvalue weighted by Gasteiger charge is 2.11. The molecule has 0 saturated heterocycles. The number of nitrogens with zero attached hydrogens (tertiary/aromatic N) is 3. The lowest BCUT2D eigenvalue weighted by molar-refractivity contribution is 1.07. The van der Waals surface area contributed by atoms with Crippen LogP contribution in [0, 0.1) is 0 Å². The summed E-state index contributed by atoms with van der Waals surface area (Å²) in [6, 6.07) is 7.54. The number of para-hydroxylation sites is 1. The summed E-state index contributed by atoms with van der Waals surface area (Å²) in [5.41, 5.74) is -0.0134. The molecule has 0 radical (unpaired) electrons. The van der Waals surface area contributed by atoms with Crippen LogP contribution in [0.3, 0.4) is 0 Å². The van der Waals surface area contributed by atoms with E-state index in [0.717, 1.165) is 10.9 Å². The van der Waals surface area contributed by atoms with E-state index in [4.69, 9.17) is 0 Å². The number of imidazole rings is 1. The van der Waals surface area contributed by atoms with E-state index < -0.39 is 11.2 Å². The summed E-state index contributed by atoms with van der Waals surface area (Å²) in [7, 11) is 0. The zero-order valence-corrected chi connectivity index (χ0v) is 10.5. The fraction of sp³-hybridized carbons (Fsp3) is 0. The van der Waals surface area contributed by atoms with Gasteiger partial charge in [-0.15, -0.1) is 0 Å². The second-order valence-corrected chi connectivity index (χ2v) is 4.47. The third-order valence-electron chi connectivity index (χ3n) is 3.09. The largest absolute Gasteiger partial charge is 0.329 e. The number of rotatable bonds is 1. The van der Waals surface area contributed by atoms with E-state index in [1.54, 1.807) is 6.20 Å². The Kier molecular flexibility index (Phi) is 2.25. The standard InChI is InChI=1S/C13H8N6O2/c20-12-8-9(18-13(21)19-12)17-11(16-8)10-14-5-6-3-1-2-4-7(6)15-10/h1-5H,(H3,16,17,18,19,20,21). The van der Waals surface area contributed by atoms with E-state index in [1.807, 2.05) is 24.3 Å². The topological polar surface area (TPSA) is 120 Å². The number of aromatic nitrogens is 6. The smallest absolute Gasteiger partial charge is 0.327 e. The molecule has 0 saturated carbocycles. The number of fused-ring (bicyclic) bond motifs is 2. The molecular formula is C13H8N6O2. The van der Waals surface area contributed by atoms with Gasteiger partial charge in [-0.3, -0.25) is 14.8 Å². The lowest BCUT2D eigenvalue weighted by atomic mass is 10.2. The highest BCUT2D eigenvalue weighted by molar-refractivity contribution is 5.80. The van der Waals surface area contributed by atoms with E-state index >= 15 is 0 Å². The van der Waals surface area contributed by atoms with Gasteiger partial charge in [0.25, 0.3) is 5.56 Å². The predicted molar refractivity (Wildman–Crippen MR) is 75.9 cm³/mol. The summed E-state index contributed by atoms with van der Waals surface area (Å²) < 4.78 is 0. The van der Waals surface area contributed by atoms with E-state index in [9.17, 15) is 9.59 Å². The van der Waals surface area contributed by atoms with Gasteiger partial charge >= 0.3 is 5.69 Å². The Morgan fingerprint density at radius 1 is 0.952 bits per heavy atom. The van der Waals surface area contributed by atoms with Crippen LogP contribution in [0.2, 0.25) is 0 Å². The summed E-state index contributed by atoms with van der Waals surface area (Å²) in [5.74, 6) is 0.674. The summed E-state index contributed by atoms with van der Waals surface area (Å²) in [4.78, 5) is 43.1. The Bertz CT molecular complexity index is 1090. The predicted octanol–water partition coefficient (Wildman–Crippen LogP) is 0.550. The molecule has 0 amide bonds. The molecule has 8 heteroatoms. The van der Waals surface area contributed by atoms with Crippen LogP contribution in [0.4, 0.5) is 0 Å². The number of nitrogens with one attached hydrogen (secondary N) is 3. The number of H-pyrrole nitrogens is 3. The normalized spacial score (nSPS) is 11.2. The highest BCUT2D eigenvalue weighted by atomic mass is 16.2. The average molecular weight is 280 g/mol. The van der Waals surface area contributed by atoms with Crippen LogP contribution in [0.15, 0.2) is 40.1 Å². The van der Waals surface area contributed by atoms with Crippen LogP contribution in [-0.2, 0) is 0 Å². The molecule has 8 nitrogen and oxygen atoms in total. The van der Waals surface area contributed by atoms with Crippen molar-refractivity contribution in [2.75, 3.05) is 0 Å². The van der Waals surface area contributed by atoms with Gasteiger partial charge < -0.3 is 4.98 Å². The Morgan fingerprint density at radius 2 is 1.81 bits per heavy atom. The van der Waals surface area contributed by atoms with Crippen molar-refractivity contribution in [2.45, 2.75) is 0 Å². The van der Waals surface area contributed by atoms with Crippen LogP contribution < -0.4 is 11.2 Å². The molecular weight excluding hydrogens is 272 g/mol. The minimum absolute atomic E-state index is 0.176. The fourth-order valence-corrected chi connectivity index (χ4v) is 2.12. The van der Waals surface area contributed by atoms with Crippen molar-refractivity contribution in [1.82, 2.24) is 29.9 Å². The lowest BCUT2D eigenvalue weighted by Gasteiger charge is -1.98. The maximum Gasteiger partial charge on any atom is 0.327 e. The van der Waals surface area contributed by atoms with Gasteiger partial charge in [-0.05, 0) is 6.07 Å². The molecule has 4 rings (SSSR count). The first-order valence-electron chi connectivity index (χ1n) is 6.15. The van der Waals surface area contributed by atoms with Gasteiger partial charge in [0.05, 0.1) is 5.52 Å². The van der Waals surface area contributed by atoms with Crippen LogP contribution in [0.5, 0.6) is 0 Å². The van der Waals surface area contributed by atoms with Crippen molar-refractivity contribution in [3.63, 3.8) is 0 Å². The van der Waals surface area contributed by atoms with Gasteiger partial charge in [0.15, 0.2) is 17.3 Å². The zero-order valence-electron chi connectivity index (χ0n) is 10.5. The minimum atomic E-state index is -0.607. The average Bonchev–Trinajstić information content (AvgIpc) is 2.91. The minimum Gasteiger partial charge on any atom is -0.329 e. The summed E-state index contributed by atoms with van der Waals surface area (Å²) >= 11 is 0. The summed E-state index contributed by atoms with van der Waals surface area (Å²) in [5, 5.41) is 0.906. The quantitative estimate of drug-likeness (QED) is 0.470. The molecule has 0 spiro atoms. The third kappa shape index (κ3) is 1.81. The van der Waals surface area contributed by atoms with Gasteiger partial charge in [0.2, 0.25) is 0 Å². The molecule has 0 bridgehead atoms. The van der Waals surface area contributed by atoms with E-state index in [-0.39, 0.29) is 11.2 Å². The molecule has 0 aliphatic heterocycles. The number of aromatic amines is 3. The Morgan fingerprint density at radius 3 is 2.71 bits per heavy atom. The fourth-order valence-electron chi connectivity index (χ4n) is 2.12. The third-order valence-corrected chi connectivity index (χ3v) is 3.09. The first-order chi connectivity index (χ1) is 10.2. The zero-order chi connectivity index (χ0) is 14.4. The first-order valence-corrected chi connectivity index (χ1v) is 6.15. The molecule has 4 aromatic rings. The summed E-state index contributed by atoms with van der Waals surface area (Å²) in [6.07, 6.45) is 1.68. The molecule has 3 N–H and O–H groups in total. The summed E-state index contributed by atoms with van der Waals surface area (Å²) in [6.45, 7) is 0. The molecule has 0 unspecified atom stereocenters. The second-order valence-electron chi connectivity index (χ2n) is 4.47. The van der Waals surface area contributed by atoms with Crippen molar-refractivity contribution in [1.29, 1.82) is 0 Å². The van der Waals surface area contributed by atoms with Gasteiger partial charge in [0, 0.05) is 11.6 Å². The van der Waals surface area contributed by atoms with Crippen molar-refractivity contribution >= 4 is 22.1 Å². The van der Waals surface area contributed by atoms with Crippen LogP contribution in [-0.4, -0.2) is 29.9 Å². The Balaban J connectivity index is 1.97. The molecule has 0 atom stereocenters. The Hall–Kier alpha value is -3.29. The van der Waals surface area contributed by atoms with Crippen molar-refractivity contribution < 1.29 is 0 Å². The number of hydrogen-bond donors (Lipinski definition) is 3. The molecule has 0 aliphatic rings. The maximum atomic E-state index is 11.7. The SMILES string of the molecule is O=c1[nH]c(=O)c2[nH]c(-c3ncc4ccccc4n3)nc2[nH]1. The van der Waals surface area contributed by atoms with Crippen molar-refractivity contribution in [3.05, 3.63) is 51.3 Å². The molecule has 3 aromatic heterocycles. The van der Waals surface area contributed by atoms with E-state index in [2.05, 4.69) is 29.9 Å². The van der Waals surface area contributed by atoms with Crippen LogP contribution in [0.25, 0.3) is 33.7 Å². The lowest BCUT2D eigenvalue weighted by Crippen LogP contribution is -2.21. The second kappa shape index (κ2) is 4.10. The van der Waals surface area contributed by atoms with Crippen molar-refractivity contribution in [3.8, 4) is 11.6 Å². The van der Waals surface area contributed by atoms with Gasteiger partial charge in [-0.2, -0.15) is 0 Å². The molecule has 1 aromatic carbocycles. The highest BCUT2D eigenvalue weighted by Crippen LogP contribution is 2.16. The molecule has 102 valence electrons. The Labute approximate surface area is 115 Å². The maximum absolute atomic E-state index is 11.7. The number of benzene rings is 1. The van der Waals surface area contributed by atoms with E-state index in [0.29, 0.717) is 11.6 Å². The first kappa shape index (κ1) is 11.5.